The molecular formula is C17H29NO2. The van der Waals surface area contributed by atoms with Gasteiger partial charge in [-0.15, -0.1) is 0 Å². The van der Waals surface area contributed by atoms with Gasteiger partial charge in [-0.3, -0.25) is 0 Å². The van der Waals surface area contributed by atoms with Gasteiger partial charge in [0, 0.05) is 12.6 Å². The van der Waals surface area contributed by atoms with E-state index in [1.54, 1.807) is 0 Å². The third kappa shape index (κ3) is 5.93. The van der Waals surface area contributed by atoms with Crippen LogP contribution < -0.4 is 10.1 Å². The lowest BCUT2D eigenvalue weighted by atomic mass is 10.0. The molecule has 1 rings (SSSR count). The van der Waals surface area contributed by atoms with Crippen molar-refractivity contribution in [2.45, 2.75) is 46.6 Å². The third-order valence-electron chi connectivity index (χ3n) is 3.23. The van der Waals surface area contributed by atoms with E-state index < -0.39 is 0 Å². The van der Waals surface area contributed by atoms with Crippen molar-refractivity contribution in [1.82, 2.24) is 5.32 Å². The van der Waals surface area contributed by atoms with Gasteiger partial charge in [-0.1, -0.05) is 26.0 Å². The zero-order valence-corrected chi connectivity index (χ0v) is 13.4. The van der Waals surface area contributed by atoms with Crippen LogP contribution in [0.1, 0.15) is 50.8 Å². The Hall–Kier alpha value is -1.06. The maximum atomic E-state index is 5.75. The standard InChI is InChI=1S/C17H29NO2/c1-5-9-18-15(4)16-7-8-17(14(3)13-16)20-12-11-19-10-6-2/h7-8,13,15,18H,5-6,9-12H2,1-4H3. The van der Waals surface area contributed by atoms with Crippen molar-refractivity contribution in [2.75, 3.05) is 26.4 Å². The molecule has 0 saturated heterocycles. The van der Waals surface area contributed by atoms with Crippen LogP contribution in [0.2, 0.25) is 0 Å². The molecular weight excluding hydrogens is 250 g/mol. The minimum absolute atomic E-state index is 0.385. The molecule has 0 aliphatic rings. The minimum atomic E-state index is 0.385. The maximum Gasteiger partial charge on any atom is 0.122 e. The van der Waals surface area contributed by atoms with Gasteiger partial charge in [0.15, 0.2) is 0 Å². The highest BCUT2D eigenvalue weighted by Crippen LogP contribution is 2.22. The van der Waals surface area contributed by atoms with Crippen LogP contribution in [0.3, 0.4) is 0 Å². The zero-order valence-electron chi connectivity index (χ0n) is 13.4. The molecule has 0 aromatic heterocycles. The largest absolute Gasteiger partial charge is 0.491 e. The highest BCUT2D eigenvalue weighted by molar-refractivity contribution is 5.37. The number of aryl methyl sites for hydroxylation is 1. The van der Waals surface area contributed by atoms with Crippen molar-refractivity contribution in [3.8, 4) is 5.75 Å². The molecule has 0 spiro atoms. The van der Waals surface area contributed by atoms with Crippen LogP contribution in [0.4, 0.5) is 0 Å². The lowest BCUT2D eigenvalue weighted by molar-refractivity contribution is 0.100. The molecule has 1 aromatic carbocycles. The van der Waals surface area contributed by atoms with Crippen molar-refractivity contribution >= 4 is 0 Å². The lowest BCUT2D eigenvalue weighted by Gasteiger charge is -2.16. The van der Waals surface area contributed by atoms with Crippen LogP contribution in [0, 0.1) is 6.92 Å². The fourth-order valence-corrected chi connectivity index (χ4v) is 2.04. The number of nitrogens with one attached hydrogen (secondary N) is 1. The molecule has 0 saturated carbocycles. The summed E-state index contributed by atoms with van der Waals surface area (Å²) in [5.74, 6) is 0.955. The molecule has 0 radical (unpaired) electrons. The lowest BCUT2D eigenvalue weighted by Crippen LogP contribution is -2.19. The topological polar surface area (TPSA) is 30.5 Å². The molecule has 3 heteroatoms. The summed E-state index contributed by atoms with van der Waals surface area (Å²) < 4.78 is 11.2. The summed E-state index contributed by atoms with van der Waals surface area (Å²) in [6, 6.07) is 6.79. The number of hydrogen-bond donors (Lipinski definition) is 1. The van der Waals surface area contributed by atoms with Crippen molar-refractivity contribution in [2.24, 2.45) is 0 Å². The molecule has 0 heterocycles. The van der Waals surface area contributed by atoms with Crippen molar-refractivity contribution < 1.29 is 9.47 Å². The Balaban J connectivity index is 2.46. The van der Waals surface area contributed by atoms with Gasteiger partial charge in [0.05, 0.1) is 6.61 Å². The smallest absolute Gasteiger partial charge is 0.122 e. The Kier molecular flexibility index (Phi) is 8.31. The molecule has 0 amide bonds. The van der Waals surface area contributed by atoms with E-state index in [9.17, 15) is 0 Å². The maximum absolute atomic E-state index is 5.75. The van der Waals surface area contributed by atoms with E-state index in [1.165, 1.54) is 11.1 Å². The average Bonchev–Trinajstić information content (AvgIpc) is 2.46. The van der Waals surface area contributed by atoms with Gasteiger partial charge >= 0.3 is 0 Å². The first-order valence-corrected chi connectivity index (χ1v) is 7.73. The van der Waals surface area contributed by atoms with E-state index >= 15 is 0 Å². The second-order valence-corrected chi connectivity index (χ2v) is 5.16. The van der Waals surface area contributed by atoms with Gasteiger partial charge in [-0.05, 0) is 50.4 Å². The molecule has 20 heavy (non-hydrogen) atoms. The van der Waals surface area contributed by atoms with Gasteiger partial charge in [-0.25, -0.2) is 0 Å². The van der Waals surface area contributed by atoms with E-state index in [0.29, 0.717) is 19.3 Å². The Bertz CT molecular complexity index is 379. The van der Waals surface area contributed by atoms with Gasteiger partial charge in [0.2, 0.25) is 0 Å². The Morgan fingerprint density at radius 1 is 1.10 bits per heavy atom. The molecule has 0 aliphatic heterocycles. The molecule has 1 N–H and O–H groups in total. The summed E-state index contributed by atoms with van der Waals surface area (Å²) in [5.41, 5.74) is 2.49. The molecule has 0 fully saturated rings. The molecule has 0 bridgehead atoms. The first kappa shape index (κ1) is 17.0. The number of hydrogen-bond acceptors (Lipinski definition) is 3. The summed E-state index contributed by atoms with van der Waals surface area (Å²) in [6.45, 7) is 11.7. The van der Waals surface area contributed by atoms with Crippen LogP contribution in [0.5, 0.6) is 5.75 Å². The SMILES string of the molecule is CCCNC(C)c1ccc(OCCOCCC)c(C)c1. The normalized spacial score (nSPS) is 12.4. The van der Waals surface area contributed by atoms with Crippen molar-refractivity contribution in [3.63, 3.8) is 0 Å². The average molecular weight is 279 g/mol. The fraction of sp³-hybridized carbons (Fsp3) is 0.647. The van der Waals surface area contributed by atoms with Gasteiger partial charge < -0.3 is 14.8 Å². The van der Waals surface area contributed by atoms with Crippen LogP contribution >= 0.6 is 0 Å². The van der Waals surface area contributed by atoms with Crippen molar-refractivity contribution in [1.29, 1.82) is 0 Å². The van der Waals surface area contributed by atoms with E-state index in [0.717, 1.165) is 31.7 Å². The number of rotatable bonds is 10. The number of benzene rings is 1. The Morgan fingerprint density at radius 2 is 1.90 bits per heavy atom. The predicted octanol–water partition coefficient (Wildman–Crippen LogP) is 3.86. The third-order valence-corrected chi connectivity index (χ3v) is 3.23. The van der Waals surface area contributed by atoms with Crippen LogP contribution in [-0.2, 0) is 4.74 Å². The van der Waals surface area contributed by atoms with Gasteiger partial charge in [-0.2, -0.15) is 0 Å². The summed E-state index contributed by atoms with van der Waals surface area (Å²) in [6.07, 6.45) is 2.21. The molecule has 1 unspecified atom stereocenters. The summed E-state index contributed by atoms with van der Waals surface area (Å²) in [5, 5.41) is 3.50. The summed E-state index contributed by atoms with van der Waals surface area (Å²) in [4.78, 5) is 0. The monoisotopic (exact) mass is 279 g/mol. The van der Waals surface area contributed by atoms with E-state index in [2.05, 4.69) is 51.2 Å². The summed E-state index contributed by atoms with van der Waals surface area (Å²) in [7, 11) is 0. The van der Waals surface area contributed by atoms with E-state index in [4.69, 9.17) is 9.47 Å². The Labute approximate surface area is 123 Å². The number of ether oxygens (including phenoxy) is 2. The predicted molar refractivity (Wildman–Crippen MR) is 84.5 cm³/mol. The highest BCUT2D eigenvalue weighted by atomic mass is 16.5. The summed E-state index contributed by atoms with van der Waals surface area (Å²) >= 11 is 0. The molecule has 3 nitrogen and oxygen atoms in total. The van der Waals surface area contributed by atoms with Gasteiger partial charge in [0.1, 0.15) is 12.4 Å². The van der Waals surface area contributed by atoms with Gasteiger partial charge in [0.25, 0.3) is 0 Å². The highest BCUT2D eigenvalue weighted by Gasteiger charge is 2.07. The second kappa shape index (κ2) is 9.78. The van der Waals surface area contributed by atoms with E-state index in [-0.39, 0.29) is 0 Å². The minimum Gasteiger partial charge on any atom is -0.491 e. The first-order chi connectivity index (χ1) is 9.69. The molecule has 1 aromatic rings. The Morgan fingerprint density at radius 3 is 2.55 bits per heavy atom. The van der Waals surface area contributed by atoms with Crippen molar-refractivity contribution in [3.05, 3.63) is 29.3 Å². The molecule has 1 atom stereocenters. The molecule has 0 aliphatic carbocycles. The first-order valence-electron chi connectivity index (χ1n) is 7.73. The van der Waals surface area contributed by atoms with Crippen LogP contribution in [0.15, 0.2) is 18.2 Å². The second-order valence-electron chi connectivity index (χ2n) is 5.16. The zero-order chi connectivity index (χ0) is 14.8. The van der Waals surface area contributed by atoms with Crippen LogP contribution in [0.25, 0.3) is 0 Å². The van der Waals surface area contributed by atoms with Crippen LogP contribution in [-0.4, -0.2) is 26.4 Å². The fourth-order valence-electron chi connectivity index (χ4n) is 2.04. The van der Waals surface area contributed by atoms with E-state index in [1.807, 2.05) is 0 Å². The molecule has 114 valence electrons. The quantitative estimate of drug-likeness (QED) is 0.660.